The van der Waals surface area contributed by atoms with Crippen LogP contribution in [0.15, 0.2) is 24.3 Å². The van der Waals surface area contributed by atoms with Crippen LogP contribution in [-0.2, 0) is 4.79 Å². The zero-order valence-corrected chi connectivity index (χ0v) is 11.1. The third-order valence-electron chi connectivity index (χ3n) is 4.15. The Balaban J connectivity index is 1.97. The van der Waals surface area contributed by atoms with Gasteiger partial charge in [-0.25, -0.2) is 0 Å². The Hall–Kier alpha value is -1.56. The Kier molecular flexibility index (Phi) is 2.78. The first kappa shape index (κ1) is 12.5. The normalized spacial score (nSPS) is 35.5. The van der Waals surface area contributed by atoms with Gasteiger partial charge < -0.3 is 9.53 Å². The van der Waals surface area contributed by atoms with E-state index in [1.165, 1.54) is 0 Å². The van der Waals surface area contributed by atoms with Crippen molar-refractivity contribution in [3.63, 3.8) is 0 Å². The van der Waals surface area contributed by atoms with Gasteiger partial charge in [-0.3, -0.25) is 10.1 Å². The summed E-state index contributed by atoms with van der Waals surface area (Å²) in [6, 6.07) is 6.72. The van der Waals surface area contributed by atoms with E-state index in [1.807, 2.05) is 24.3 Å². The number of hydrogen-bond donors (Lipinski definition) is 0. The molecule has 0 bridgehead atoms. The third-order valence-corrected chi connectivity index (χ3v) is 5.72. The second-order valence-electron chi connectivity index (χ2n) is 4.94. The van der Waals surface area contributed by atoms with Crippen molar-refractivity contribution in [2.24, 2.45) is 11.3 Å². The molecule has 1 aliphatic carbocycles. The summed E-state index contributed by atoms with van der Waals surface area (Å²) in [6.07, 6.45) is 0.801. The van der Waals surface area contributed by atoms with Gasteiger partial charge in [0.2, 0.25) is 6.04 Å². The fourth-order valence-corrected chi connectivity index (χ4v) is 5.02. The maximum Gasteiger partial charge on any atom is 0.232 e. The molecular formula is C13H13NO4S. The molecule has 2 fully saturated rings. The highest BCUT2D eigenvalue weighted by Gasteiger charge is 2.80. The lowest BCUT2D eigenvalue weighted by molar-refractivity contribution is -0.503. The number of thioether (sulfide) groups is 1. The largest absolute Gasteiger partial charge is 0.497 e. The summed E-state index contributed by atoms with van der Waals surface area (Å²) in [5.74, 6) is 1.26. The molecule has 1 saturated carbocycles. The number of rotatable bonds is 4. The second kappa shape index (κ2) is 4.23. The fourth-order valence-electron chi connectivity index (χ4n) is 3.15. The van der Waals surface area contributed by atoms with E-state index in [4.69, 9.17) is 4.74 Å². The first-order valence-corrected chi connectivity index (χ1v) is 7.05. The molecule has 0 radical (unpaired) electrons. The van der Waals surface area contributed by atoms with E-state index >= 15 is 0 Å². The Morgan fingerprint density at radius 1 is 1.58 bits per heavy atom. The molecule has 0 N–H and O–H groups in total. The van der Waals surface area contributed by atoms with Crippen molar-refractivity contribution in [3.05, 3.63) is 39.9 Å². The molecule has 0 amide bonds. The van der Waals surface area contributed by atoms with Crippen molar-refractivity contribution in [1.82, 2.24) is 0 Å². The number of ether oxygens (including phenoxy) is 1. The number of benzene rings is 1. The van der Waals surface area contributed by atoms with E-state index in [1.54, 1.807) is 18.9 Å². The van der Waals surface area contributed by atoms with Gasteiger partial charge in [0.05, 0.1) is 13.0 Å². The van der Waals surface area contributed by atoms with Crippen LogP contribution in [0.4, 0.5) is 0 Å². The molecule has 19 heavy (non-hydrogen) atoms. The Morgan fingerprint density at radius 3 is 2.95 bits per heavy atom. The maximum absolute atomic E-state index is 11.5. The number of carbonyl (C=O) groups excluding carboxylic acids is 1. The van der Waals surface area contributed by atoms with E-state index < -0.39 is 11.5 Å². The van der Waals surface area contributed by atoms with E-state index in [9.17, 15) is 14.9 Å². The summed E-state index contributed by atoms with van der Waals surface area (Å²) in [6.45, 7) is 0. The second-order valence-corrected chi connectivity index (χ2v) is 6.08. The van der Waals surface area contributed by atoms with Crippen LogP contribution in [0.1, 0.15) is 10.8 Å². The molecule has 0 unspecified atom stereocenters. The summed E-state index contributed by atoms with van der Waals surface area (Å²) < 4.78 is 5.17. The number of methoxy groups -OCH3 is 1. The van der Waals surface area contributed by atoms with Crippen LogP contribution < -0.4 is 4.74 Å². The minimum absolute atomic E-state index is 0.124. The van der Waals surface area contributed by atoms with Gasteiger partial charge in [0.1, 0.15) is 17.5 Å². The smallest absolute Gasteiger partial charge is 0.232 e. The highest BCUT2D eigenvalue weighted by atomic mass is 32.2. The lowest BCUT2D eigenvalue weighted by Crippen LogP contribution is -2.21. The molecule has 3 rings (SSSR count). The zero-order chi connectivity index (χ0) is 13.6. The van der Waals surface area contributed by atoms with E-state index in [0.717, 1.165) is 11.8 Å². The lowest BCUT2D eigenvalue weighted by Gasteiger charge is -2.18. The SMILES string of the molecule is COc1cccc([C@H]2SC[C@@H]3[C@@H]([N+](=O)[O-])[C@]23C=O)c1. The lowest BCUT2D eigenvalue weighted by atomic mass is 9.94. The van der Waals surface area contributed by atoms with Crippen LogP contribution in [0.2, 0.25) is 0 Å². The minimum Gasteiger partial charge on any atom is -0.497 e. The van der Waals surface area contributed by atoms with Gasteiger partial charge in [0.15, 0.2) is 0 Å². The highest BCUT2D eigenvalue weighted by molar-refractivity contribution is 8.00. The highest BCUT2D eigenvalue weighted by Crippen LogP contribution is 2.71. The van der Waals surface area contributed by atoms with Gasteiger partial charge >= 0.3 is 0 Å². The van der Waals surface area contributed by atoms with Gasteiger partial charge in [0.25, 0.3) is 0 Å². The van der Waals surface area contributed by atoms with Gasteiger partial charge in [-0.2, -0.15) is 11.8 Å². The monoisotopic (exact) mass is 279 g/mol. The molecule has 4 atom stereocenters. The molecule has 100 valence electrons. The van der Waals surface area contributed by atoms with E-state index in [2.05, 4.69) is 0 Å². The molecule has 1 aromatic carbocycles. The van der Waals surface area contributed by atoms with Crippen molar-refractivity contribution in [3.8, 4) is 5.75 Å². The molecule has 0 aromatic heterocycles. The number of nitrogens with zero attached hydrogens (tertiary/aromatic N) is 1. The van der Waals surface area contributed by atoms with Crippen molar-refractivity contribution in [2.75, 3.05) is 12.9 Å². The molecule has 5 nitrogen and oxygen atoms in total. The van der Waals surface area contributed by atoms with Crippen molar-refractivity contribution < 1.29 is 14.5 Å². The summed E-state index contributed by atoms with van der Waals surface area (Å²) >= 11 is 1.63. The summed E-state index contributed by atoms with van der Waals surface area (Å²) in [7, 11) is 1.58. The van der Waals surface area contributed by atoms with Gasteiger partial charge in [-0.15, -0.1) is 0 Å². The summed E-state index contributed by atoms with van der Waals surface area (Å²) in [5.41, 5.74) is 0.115. The predicted octanol–water partition coefficient (Wildman–Crippen LogP) is 1.94. The zero-order valence-electron chi connectivity index (χ0n) is 10.3. The summed E-state index contributed by atoms with van der Waals surface area (Å²) in [5, 5.41) is 10.9. The van der Waals surface area contributed by atoms with Gasteiger partial charge in [0, 0.05) is 15.9 Å². The molecule has 1 saturated heterocycles. The van der Waals surface area contributed by atoms with Crippen molar-refractivity contribution in [1.29, 1.82) is 0 Å². The molecule has 1 aliphatic heterocycles. The van der Waals surface area contributed by atoms with Gasteiger partial charge in [-0.05, 0) is 17.7 Å². The van der Waals surface area contributed by atoms with Crippen LogP contribution >= 0.6 is 11.8 Å². The number of hydrogen-bond acceptors (Lipinski definition) is 5. The topological polar surface area (TPSA) is 69.4 Å². The molecule has 6 heteroatoms. The first-order valence-electron chi connectivity index (χ1n) is 6.00. The fraction of sp³-hybridized carbons (Fsp3) is 0.462. The molecule has 2 aliphatic rings. The Bertz CT molecular complexity index is 549. The molecular weight excluding hydrogens is 266 g/mol. The number of aldehydes is 1. The Morgan fingerprint density at radius 2 is 2.37 bits per heavy atom. The van der Waals surface area contributed by atoms with Crippen molar-refractivity contribution >= 4 is 18.0 Å². The van der Waals surface area contributed by atoms with E-state index in [0.29, 0.717) is 11.5 Å². The first-order chi connectivity index (χ1) is 9.15. The van der Waals surface area contributed by atoms with Crippen LogP contribution in [0.25, 0.3) is 0 Å². The molecule has 1 aromatic rings. The molecule has 1 heterocycles. The number of nitro groups is 1. The number of carbonyl (C=O) groups is 1. The minimum atomic E-state index is -0.819. The average Bonchev–Trinajstić information content (AvgIpc) is 2.95. The van der Waals surface area contributed by atoms with Crippen LogP contribution in [-0.4, -0.2) is 30.1 Å². The average molecular weight is 279 g/mol. The quantitative estimate of drug-likeness (QED) is 0.478. The summed E-state index contributed by atoms with van der Waals surface area (Å²) in [4.78, 5) is 22.2. The van der Waals surface area contributed by atoms with Crippen LogP contribution in [0.3, 0.4) is 0 Å². The maximum atomic E-state index is 11.5. The van der Waals surface area contributed by atoms with E-state index in [-0.39, 0.29) is 16.1 Å². The molecule has 0 spiro atoms. The Labute approximate surface area is 114 Å². The number of fused-ring (bicyclic) bond motifs is 1. The van der Waals surface area contributed by atoms with Gasteiger partial charge in [-0.1, -0.05) is 12.1 Å². The third kappa shape index (κ3) is 1.59. The van der Waals surface area contributed by atoms with Crippen molar-refractivity contribution in [2.45, 2.75) is 11.3 Å². The van der Waals surface area contributed by atoms with Crippen LogP contribution in [0.5, 0.6) is 5.75 Å². The standard InChI is InChI=1S/C13H13NO4S/c1-18-9-4-2-3-8(5-9)12-13(7-15)10(6-19-12)11(13)14(16)17/h2-5,7,10-12H,6H2,1H3/t10-,11-,12-,13-/m1/s1. The van der Waals surface area contributed by atoms with Crippen LogP contribution in [0, 0.1) is 21.4 Å². The predicted molar refractivity (Wildman–Crippen MR) is 71.0 cm³/mol.